The van der Waals surface area contributed by atoms with Gasteiger partial charge in [0.2, 0.25) is 0 Å². The summed E-state index contributed by atoms with van der Waals surface area (Å²) in [5, 5.41) is 3.63. The predicted molar refractivity (Wildman–Crippen MR) is 100 cm³/mol. The van der Waals surface area contributed by atoms with Gasteiger partial charge in [0.25, 0.3) is 5.91 Å². The first-order valence-corrected chi connectivity index (χ1v) is 8.38. The van der Waals surface area contributed by atoms with Crippen LogP contribution in [0.25, 0.3) is 22.0 Å². The van der Waals surface area contributed by atoms with Crippen LogP contribution in [-0.4, -0.2) is 20.9 Å². The Morgan fingerprint density at radius 3 is 2.70 bits per heavy atom. The number of aromatic nitrogens is 3. The van der Waals surface area contributed by atoms with E-state index in [9.17, 15) is 9.18 Å². The molecule has 1 aromatic carbocycles. The monoisotopic (exact) mass is 358 g/mol. The van der Waals surface area contributed by atoms with Crippen LogP contribution in [0, 0.1) is 5.82 Å². The summed E-state index contributed by atoms with van der Waals surface area (Å²) in [7, 11) is 0. The predicted octanol–water partition coefficient (Wildman–Crippen LogP) is 3.76. The average Bonchev–Trinajstić information content (AvgIpc) is 2.72. The molecule has 0 saturated heterocycles. The van der Waals surface area contributed by atoms with E-state index in [1.165, 1.54) is 12.1 Å². The second kappa shape index (κ2) is 7.29. The van der Waals surface area contributed by atoms with Crippen molar-refractivity contribution >= 4 is 16.8 Å². The van der Waals surface area contributed by atoms with Crippen LogP contribution in [0.4, 0.5) is 4.39 Å². The van der Waals surface area contributed by atoms with Crippen LogP contribution < -0.4 is 5.32 Å². The Kier molecular flexibility index (Phi) is 4.53. The van der Waals surface area contributed by atoms with Gasteiger partial charge in [-0.2, -0.15) is 0 Å². The molecule has 0 radical (unpaired) electrons. The minimum atomic E-state index is -0.336. The number of amides is 1. The van der Waals surface area contributed by atoms with E-state index in [0.717, 1.165) is 16.5 Å². The summed E-state index contributed by atoms with van der Waals surface area (Å²) in [5.74, 6) is -0.667. The Morgan fingerprint density at radius 1 is 1.00 bits per heavy atom. The highest BCUT2D eigenvalue weighted by Crippen LogP contribution is 2.27. The lowest BCUT2D eigenvalue weighted by molar-refractivity contribution is 0.0946. The van der Waals surface area contributed by atoms with Crippen molar-refractivity contribution in [1.29, 1.82) is 0 Å². The molecule has 4 aromatic rings. The molecule has 3 aromatic heterocycles. The topological polar surface area (TPSA) is 67.8 Å². The van der Waals surface area contributed by atoms with Gasteiger partial charge in [-0.25, -0.2) is 9.37 Å². The average molecular weight is 358 g/mol. The molecule has 132 valence electrons. The van der Waals surface area contributed by atoms with Crippen molar-refractivity contribution in [3.8, 4) is 11.1 Å². The zero-order valence-corrected chi connectivity index (χ0v) is 14.3. The fraction of sp³-hybridized carbons (Fsp3) is 0.0476. The summed E-state index contributed by atoms with van der Waals surface area (Å²) in [5.41, 5.74) is 3.33. The molecule has 0 saturated carbocycles. The van der Waals surface area contributed by atoms with Gasteiger partial charge in [-0.3, -0.25) is 14.8 Å². The third kappa shape index (κ3) is 3.64. The highest BCUT2D eigenvalue weighted by atomic mass is 19.1. The first kappa shape index (κ1) is 16.8. The highest BCUT2D eigenvalue weighted by molar-refractivity contribution is 6.00. The van der Waals surface area contributed by atoms with E-state index in [-0.39, 0.29) is 24.0 Å². The van der Waals surface area contributed by atoms with Gasteiger partial charge >= 0.3 is 0 Å². The molecule has 0 spiro atoms. The lowest BCUT2D eigenvalue weighted by atomic mass is 10.0. The first-order chi connectivity index (χ1) is 13.2. The standard InChI is InChI=1S/C21H15FN4O/c22-16-5-1-3-14(9-16)11-25-21(27)20-10-17(15-4-2-7-23-12-15)18-13-24-8-6-19(18)26-20/h1-10,12-13H,11H2,(H,25,27). The number of nitrogens with zero attached hydrogens (tertiary/aromatic N) is 3. The lowest BCUT2D eigenvalue weighted by Crippen LogP contribution is -2.24. The number of fused-ring (bicyclic) bond motifs is 1. The van der Waals surface area contributed by atoms with E-state index in [4.69, 9.17) is 0 Å². The molecule has 0 atom stereocenters. The van der Waals surface area contributed by atoms with Gasteiger partial charge in [-0.05, 0) is 41.5 Å². The van der Waals surface area contributed by atoms with Gasteiger partial charge in [-0.1, -0.05) is 18.2 Å². The summed E-state index contributed by atoms with van der Waals surface area (Å²) in [4.78, 5) is 25.4. The van der Waals surface area contributed by atoms with Crippen molar-refractivity contribution in [1.82, 2.24) is 20.3 Å². The van der Waals surface area contributed by atoms with Crippen molar-refractivity contribution in [2.45, 2.75) is 6.54 Å². The fourth-order valence-corrected chi connectivity index (χ4v) is 2.87. The van der Waals surface area contributed by atoms with E-state index in [0.29, 0.717) is 11.1 Å². The number of rotatable bonds is 4. The fourth-order valence-electron chi connectivity index (χ4n) is 2.87. The van der Waals surface area contributed by atoms with Crippen molar-refractivity contribution in [3.63, 3.8) is 0 Å². The molecule has 1 amide bonds. The van der Waals surface area contributed by atoms with Crippen molar-refractivity contribution in [2.24, 2.45) is 0 Å². The van der Waals surface area contributed by atoms with Crippen LogP contribution in [0.5, 0.6) is 0 Å². The molecule has 3 heterocycles. The maximum Gasteiger partial charge on any atom is 0.270 e. The largest absolute Gasteiger partial charge is 0.347 e. The Hall–Kier alpha value is -3.67. The summed E-state index contributed by atoms with van der Waals surface area (Å²) < 4.78 is 13.3. The van der Waals surface area contributed by atoms with Crippen LogP contribution in [0.15, 0.2) is 73.3 Å². The van der Waals surface area contributed by atoms with Crippen LogP contribution in [-0.2, 0) is 6.54 Å². The molecule has 0 aliphatic carbocycles. The number of carbonyl (C=O) groups is 1. The van der Waals surface area contributed by atoms with E-state index in [1.807, 2.05) is 12.1 Å². The second-order valence-electron chi connectivity index (χ2n) is 6.00. The number of hydrogen-bond acceptors (Lipinski definition) is 4. The smallest absolute Gasteiger partial charge is 0.270 e. The molecule has 1 N–H and O–H groups in total. The van der Waals surface area contributed by atoms with Crippen LogP contribution in [0.2, 0.25) is 0 Å². The van der Waals surface area contributed by atoms with Crippen LogP contribution >= 0.6 is 0 Å². The zero-order chi connectivity index (χ0) is 18.6. The lowest BCUT2D eigenvalue weighted by Gasteiger charge is -2.10. The number of pyridine rings is 3. The highest BCUT2D eigenvalue weighted by Gasteiger charge is 2.13. The van der Waals surface area contributed by atoms with Gasteiger partial charge in [-0.15, -0.1) is 0 Å². The Balaban J connectivity index is 1.68. The molecule has 4 rings (SSSR count). The summed E-state index contributed by atoms with van der Waals surface area (Å²) >= 11 is 0. The van der Waals surface area contributed by atoms with Gasteiger partial charge < -0.3 is 5.32 Å². The molecule has 0 aliphatic heterocycles. The van der Waals surface area contributed by atoms with Crippen LogP contribution in [0.1, 0.15) is 16.1 Å². The number of benzene rings is 1. The van der Waals surface area contributed by atoms with Gasteiger partial charge in [0.1, 0.15) is 11.5 Å². The third-order valence-electron chi connectivity index (χ3n) is 4.16. The minimum absolute atomic E-state index is 0.217. The number of halogens is 1. The van der Waals surface area contributed by atoms with Gasteiger partial charge in [0, 0.05) is 42.3 Å². The number of nitrogens with one attached hydrogen (secondary N) is 1. The molecular formula is C21H15FN4O. The Bertz CT molecular complexity index is 1120. The van der Waals surface area contributed by atoms with Crippen molar-refractivity contribution in [3.05, 3.63) is 90.4 Å². The SMILES string of the molecule is O=C(NCc1cccc(F)c1)c1cc(-c2cccnc2)c2cnccc2n1. The van der Waals surface area contributed by atoms with E-state index >= 15 is 0 Å². The normalized spacial score (nSPS) is 10.7. The van der Waals surface area contributed by atoms with Gasteiger partial charge in [0.05, 0.1) is 5.52 Å². The molecule has 0 aliphatic rings. The molecule has 5 nitrogen and oxygen atoms in total. The quantitative estimate of drug-likeness (QED) is 0.603. The van der Waals surface area contributed by atoms with Crippen molar-refractivity contribution in [2.75, 3.05) is 0 Å². The Labute approximate surface area is 154 Å². The third-order valence-corrected chi connectivity index (χ3v) is 4.16. The van der Waals surface area contributed by atoms with Crippen molar-refractivity contribution < 1.29 is 9.18 Å². The molecule has 0 bridgehead atoms. The maximum absolute atomic E-state index is 13.3. The van der Waals surface area contributed by atoms with E-state index < -0.39 is 0 Å². The minimum Gasteiger partial charge on any atom is -0.347 e. The zero-order valence-electron chi connectivity index (χ0n) is 14.3. The molecule has 0 unspecified atom stereocenters. The maximum atomic E-state index is 13.3. The number of hydrogen-bond donors (Lipinski definition) is 1. The molecule has 6 heteroatoms. The summed E-state index contributed by atoms with van der Waals surface area (Å²) in [6.07, 6.45) is 6.78. The van der Waals surface area contributed by atoms with E-state index in [2.05, 4.69) is 20.3 Å². The van der Waals surface area contributed by atoms with Crippen LogP contribution in [0.3, 0.4) is 0 Å². The summed E-state index contributed by atoms with van der Waals surface area (Å²) in [6, 6.07) is 13.4. The molecule has 27 heavy (non-hydrogen) atoms. The van der Waals surface area contributed by atoms with E-state index in [1.54, 1.807) is 49.1 Å². The number of carbonyl (C=O) groups excluding carboxylic acids is 1. The first-order valence-electron chi connectivity index (χ1n) is 8.38. The molecular weight excluding hydrogens is 343 g/mol. The summed E-state index contributed by atoms with van der Waals surface area (Å²) in [6.45, 7) is 0.217. The molecule has 0 fully saturated rings. The second-order valence-corrected chi connectivity index (χ2v) is 6.00. The van der Waals surface area contributed by atoms with Gasteiger partial charge in [0.15, 0.2) is 0 Å². The Morgan fingerprint density at radius 2 is 1.89 bits per heavy atom.